The molecule has 0 N–H and O–H groups in total. The van der Waals surface area contributed by atoms with Gasteiger partial charge >= 0.3 is 0 Å². The van der Waals surface area contributed by atoms with E-state index >= 15 is 0 Å². The number of hydrogen-bond donors (Lipinski definition) is 0. The summed E-state index contributed by atoms with van der Waals surface area (Å²) in [5, 5.41) is 3.98. The summed E-state index contributed by atoms with van der Waals surface area (Å²) in [4.78, 5) is 15.5. The second-order valence-corrected chi connectivity index (χ2v) is 15.4. The molecule has 1 aliphatic carbocycles. The van der Waals surface area contributed by atoms with Crippen LogP contribution in [0.1, 0.15) is 29.0 Å². The van der Waals surface area contributed by atoms with Crippen LogP contribution in [0.5, 0.6) is 0 Å². The van der Waals surface area contributed by atoms with Gasteiger partial charge in [-0.2, -0.15) is 0 Å². The van der Waals surface area contributed by atoms with E-state index in [2.05, 4.69) is 109 Å². The number of para-hydroxylation sites is 1. The Labute approximate surface area is 340 Å². The number of rotatable bonds is 5. The van der Waals surface area contributed by atoms with Gasteiger partial charge in [0.1, 0.15) is 22.3 Å². The smallest absolute Gasteiger partial charge is 0.164 e. The van der Waals surface area contributed by atoms with Crippen LogP contribution in [0.3, 0.4) is 0 Å². The van der Waals surface area contributed by atoms with Gasteiger partial charge in [-0.25, -0.2) is 15.0 Å². The first-order chi connectivity index (χ1) is 29.2. The third-order valence-corrected chi connectivity index (χ3v) is 12.0. The molecule has 0 aliphatic heterocycles. The van der Waals surface area contributed by atoms with Crippen molar-refractivity contribution in [1.29, 1.82) is 0 Å². The van der Waals surface area contributed by atoms with E-state index in [1.165, 1.54) is 27.8 Å². The fourth-order valence-corrected chi connectivity index (χ4v) is 9.25. The van der Waals surface area contributed by atoms with Crippen LogP contribution in [0.15, 0.2) is 191 Å². The van der Waals surface area contributed by atoms with Crippen LogP contribution in [0.25, 0.3) is 100 Å². The summed E-state index contributed by atoms with van der Waals surface area (Å²) in [5.74, 6) is 2.07. The molecular weight excluding hydrogens is 723 g/mol. The summed E-state index contributed by atoms with van der Waals surface area (Å²) in [7, 11) is 0. The standard InChI is InChI=1S/C54H35N3O2/c1-3-13-33(14-4-1)39-28-25-34-15-7-8-18-38(34)44-31-36(26-29-40(39)44)37-27-30-47-45(32-37)51-43(21-12-24-49(51)59-47)54-56-52(35-16-5-2-6-17-35)55-53(57-54)42-20-11-23-48-50(42)41-19-9-10-22-46(41)58-48/h1-24,26-27,29-32,39H,25,28H2. The molecule has 8 aromatic carbocycles. The SMILES string of the molecule is c1ccc(-c2nc(-c3cccc4oc5ccccc5c34)nc(-c3cccc4oc5ccc(-c6ccc7c(c6)-c6ccccc6CCC7c6ccccc6)cc5c34)n2)cc1. The van der Waals surface area contributed by atoms with E-state index in [1.54, 1.807) is 0 Å². The van der Waals surface area contributed by atoms with Crippen molar-refractivity contribution in [2.24, 2.45) is 0 Å². The lowest BCUT2D eigenvalue weighted by atomic mass is 9.84. The molecule has 11 aromatic rings. The number of fused-ring (bicyclic) bond motifs is 9. The fourth-order valence-electron chi connectivity index (χ4n) is 9.25. The molecule has 1 aliphatic rings. The van der Waals surface area contributed by atoms with Crippen LogP contribution in [0.4, 0.5) is 0 Å². The van der Waals surface area contributed by atoms with E-state index in [0.717, 1.165) is 84.5 Å². The van der Waals surface area contributed by atoms with Crippen molar-refractivity contribution in [2.45, 2.75) is 18.8 Å². The first kappa shape index (κ1) is 33.5. The average Bonchev–Trinajstić information content (AvgIpc) is 3.83. The first-order valence-corrected chi connectivity index (χ1v) is 20.2. The molecule has 12 rings (SSSR count). The van der Waals surface area contributed by atoms with Crippen molar-refractivity contribution in [1.82, 2.24) is 15.0 Å². The quantitative estimate of drug-likeness (QED) is 0.175. The van der Waals surface area contributed by atoms with Crippen LogP contribution < -0.4 is 0 Å². The van der Waals surface area contributed by atoms with Gasteiger partial charge in [-0.1, -0.05) is 146 Å². The predicted octanol–water partition coefficient (Wildman–Crippen LogP) is 14.1. The van der Waals surface area contributed by atoms with Crippen LogP contribution in [0, 0.1) is 0 Å². The number of aromatic nitrogens is 3. The summed E-state index contributed by atoms with van der Waals surface area (Å²) in [6, 6.07) is 63.9. The Hall–Kier alpha value is -7.63. The normalized spacial score (nSPS) is 13.8. The van der Waals surface area contributed by atoms with Gasteiger partial charge in [-0.3, -0.25) is 0 Å². The van der Waals surface area contributed by atoms with E-state index in [0.29, 0.717) is 23.4 Å². The van der Waals surface area contributed by atoms with E-state index in [-0.39, 0.29) is 0 Å². The molecule has 278 valence electrons. The molecule has 5 heteroatoms. The molecule has 0 saturated heterocycles. The molecule has 0 bridgehead atoms. The minimum Gasteiger partial charge on any atom is -0.456 e. The third-order valence-electron chi connectivity index (χ3n) is 12.0. The summed E-state index contributed by atoms with van der Waals surface area (Å²) >= 11 is 0. The van der Waals surface area contributed by atoms with Gasteiger partial charge in [0, 0.05) is 44.2 Å². The Bertz CT molecular complexity index is 3400. The van der Waals surface area contributed by atoms with Crippen LogP contribution >= 0.6 is 0 Å². The van der Waals surface area contributed by atoms with Crippen molar-refractivity contribution in [3.05, 3.63) is 199 Å². The molecule has 1 unspecified atom stereocenters. The Morgan fingerprint density at radius 2 is 0.966 bits per heavy atom. The van der Waals surface area contributed by atoms with Gasteiger partial charge in [0.15, 0.2) is 17.5 Å². The van der Waals surface area contributed by atoms with E-state index in [4.69, 9.17) is 23.8 Å². The molecule has 5 nitrogen and oxygen atoms in total. The zero-order valence-electron chi connectivity index (χ0n) is 32.0. The van der Waals surface area contributed by atoms with Gasteiger partial charge in [0.2, 0.25) is 0 Å². The van der Waals surface area contributed by atoms with Crippen molar-refractivity contribution in [2.75, 3.05) is 0 Å². The van der Waals surface area contributed by atoms with E-state index in [9.17, 15) is 0 Å². The maximum absolute atomic E-state index is 6.56. The summed E-state index contributed by atoms with van der Waals surface area (Å²) < 4.78 is 12.8. The van der Waals surface area contributed by atoms with Crippen LogP contribution in [0.2, 0.25) is 0 Å². The summed E-state index contributed by atoms with van der Waals surface area (Å²) in [6.45, 7) is 0. The van der Waals surface area contributed by atoms with Gasteiger partial charge in [-0.15, -0.1) is 0 Å². The maximum Gasteiger partial charge on any atom is 0.164 e. The van der Waals surface area contributed by atoms with Crippen molar-refractivity contribution >= 4 is 43.9 Å². The Morgan fingerprint density at radius 3 is 1.75 bits per heavy atom. The number of furan rings is 2. The maximum atomic E-state index is 6.56. The lowest BCUT2D eigenvalue weighted by Gasteiger charge is -2.19. The topological polar surface area (TPSA) is 65.0 Å². The average molecular weight is 758 g/mol. The molecule has 0 fully saturated rings. The number of hydrogen-bond acceptors (Lipinski definition) is 5. The third kappa shape index (κ3) is 5.58. The molecule has 0 radical (unpaired) electrons. The van der Waals surface area contributed by atoms with Gasteiger partial charge in [0.05, 0.1) is 0 Å². The van der Waals surface area contributed by atoms with E-state index < -0.39 is 0 Å². The zero-order chi connectivity index (χ0) is 38.9. The molecule has 0 amide bonds. The molecule has 3 aromatic heterocycles. The molecule has 1 atom stereocenters. The molecular formula is C54H35N3O2. The largest absolute Gasteiger partial charge is 0.456 e. The lowest BCUT2D eigenvalue weighted by Crippen LogP contribution is -2.02. The van der Waals surface area contributed by atoms with Crippen LogP contribution in [-0.2, 0) is 6.42 Å². The monoisotopic (exact) mass is 757 g/mol. The number of aryl methyl sites for hydroxylation is 1. The Morgan fingerprint density at radius 1 is 0.390 bits per heavy atom. The summed E-state index contributed by atoms with van der Waals surface area (Å²) in [5.41, 5.74) is 14.9. The van der Waals surface area contributed by atoms with Gasteiger partial charge in [0.25, 0.3) is 0 Å². The van der Waals surface area contributed by atoms with Gasteiger partial charge in [-0.05, 0) is 88.2 Å². The minimum atomic E-state index is 0.320. The predicted molar refractivity (Wildman–Crippen MR) is 238 cm³/mol. The molecule has 3 heterocycles. The highest BCUT2D eigenvalue weighted by molar-refractivity contribution is 6.14. The van der Waals surface area contributed by atoms with Crippen molar-refractivity contribution < 1.29 is 8.83 Å². The number of benzene rings is 8. The Balaban J connectivity index is 1.04. The lowest BCUT2D eigenvalue weighted by molar-refractivity contribution is 0.668. The summed E-state index contributed by atoms with van der Waals surface area (Å²) in [6.07, 6.45) is 2.11. The molecule has 0 saturated carbocycles. The second-order valence-electron chi connectivity index (χ2n) is 15.4. The second kappa shape index (κ2) is 13.5. The van der Waals surface area contributed by atoms with Gasteiger partial charge < -0.3 is 8.83 Å². The van der Waals surface area contributed by atoms with E-state index in [1.807, 2.05) is 72.8 Å². The minimum absolute atomic E-state index is 0.320. The highest BCUT2D eigenvalue weighted by Crippen LogP contribution is 2.45. The van der Waals surface area contributed by atoms with Crippen molar-refractivity contribution in [3.8, 4) is 56.4 Å². The van der Waals surface area contributed by atoms with Crippen molar-refractivity contribution in [3.63, 3.8) is 0 Å². The zero-order valence-corrected chi connectivity index (χ0v) is 32.0. The molecule has 0 spiro atoms. The number of nitrogens with zero attached hydrogens (tertiary/aromatic N) is 3. The molecule has 59 heavy (non-hydrogen) atoms. The Kier molecular flexibility index (Phi) is 7.67. The van der Waals surface area contributed by atoms with Crippen LogP contribution in [-0.4, -0.2) is 15.0 Å². The first-order valence-electron chi connectivity index (χ1n) is 20.2. The highest BCUT2D eigenvalue weighted by atomic mass is 16.3. The highest BCUT2D eigenvalue weighted by Gasteiger charge is 2.25. The fraction of sp³-hybridized carbons (Fsp3) is 0.0556.